The molecule has 0 aliphatic carbocycles. The normalized spacial score (nSPS) is 17.1. The molecule has 56 heavy (non-hydrogen) atoms. The Labute approximate surface area is 349 Å². The smallest absolute Gasteiger partial charge is 0.0823 e. The van der Waals surface area contributed by atoms with Gasteiger partial charge in [-0.3, -0.25) is 0 Å². The first kappa shape index (κ1) is 36.5. The molecule has 4 nitrogen and oxygen atoms in total. The van der Waals surface area contributed by atoms with E-state index in [1.54, 1.807) is 0 Å². The molecule has 5 aliphatic rings. The first-order valence-electron chi connectivity index (χ1n) is 18.4. The molecule has 0 aromatic heterocycles. The molecule has 8 heteroatoms. The standard InChI is InChI=1S/C48H36N4S4/c53-25-29-9-1-5-13-38(29)42-23-37-22-35-18-17-33(49-35)21-34-19-20-36(50-34)24-43-44(39-14-6-2-10-30(39)26-54)45(40-15-7-3-11-31(40)27-55)48(52-43)46(47(42)51-37)41-16-8-4-12-32(41)28-56/h1-24,53-56H,25-28H2. The third-order valence-electron chi connectivity index (χ3n) is 10.3. The summed E-state index contributed by atoms with van der Waals surface area (Å²) < 4.78 is 0. The zero-order chi connectivity index (χ0) is 38.2. The van der Waals surface area contributed by atoms with Crippen molar-refractivity contribution in [2.75, 3.05) is 0 Å². The second kappa shape index (κ2) is 15.8. The van der Waals surface area contributed by atoms with Crippen LogP contribution in [0.4, 0.5) is 0 Å². The van der Waals surface area contributed by atoms with Crippen LogP contribution >= 0.6 is 50.5 Å². The van der Waals surface area contributed by atoms with Crippen molar-refractivity contribution in [3.05, 3.63) is 213 Å². The van der Waals surface area contributed by atoms with Crippen LogP contribution < -0.4 is 0 Å². The van der Waals surface area contributed by atoms with Gasteiger partial charge >= 0.3 is 0 Å². The molecule has 0 atom stereocenters. The van der Waals surface area contributed by atoms with Crippen molar-refractivity contribution >= 4 is 95.7 Å². The molecule has 0 fully saturated rings. The summed E-state index contributed by atoms with van der Waals surface area (Å²) in [4.78, 5) is 21.3. The van der Waals surface area contributed by atoms with Crippen molar-refractivity contribution in [3.8, 4) is 0 Å². The van der Waals surface area contributed by atoms with Gasteiger partial charge in [0.15, 0.2) is 0 Å². The van der Waals surface area contributed by atoms with Crippen molar-refractivity contribution in [2.45, 2.75) is 23.0 Å². The highest BCUT2D eigenvalue weighted by Gasteiger charge is 2.35. The average molecular weight is 797 g/mol. The molecule has 5 aliphatic heterocycles. The van der Waals surface area contributed by atoms with Crippen molar-refractivity contribution in [1.82, 2.24) is 0 Å². The lowest BCUT2D eigenvalue weighted by atomic mass is 9.83. The first-order valence-corrected chi connectivity index (χ1v) is 20.9. The largest absolute Gasteiger partial charge is 0.249 e. The summed E-state index contributed by atoms with van der Waals surface area (Å²) in [5, 5.41) is 0. The number of fused-ring (bicyclic) bond motifs is 4. The fraction of sp³-hybridized carbons (Fsp3) is 0.0833. The Kier molecular flexibility index (Phi) is 10.3. The molecule has 0 N–H and O–H groups in total. The summed E-state index contributed by atoms with van der Waals surface area (Å²) in [5.74, 6) is 2.19. The van der Waals surface area contributed by atoms with Crippen LogP contribution in [0.2, 0.25) is 0 Å². The number of nitrogens with zero attached hydrogens (tertiary/aromatic N) is 4. The maximum Gasteiger partial charge on any atom is 0.0823 e. The summed E-state index contributed by atoms with van der Waals surface area (Å²) in [5.41, 5.74) is 19.0. The van der Waals surface area contributed by atoms with Gasteiger partial charge in [-0.25, -0.2) is 20.0 Å². The number of rotatable bonds is 8. The molecule has 9 rings (SSSR count). The summed E-state index contributed by atoms with van der Waals surface area (Å²) in [7, 11) is 0. The van der Waals surface area contributed by atoms with Crippen LogP contribution in [0.1, 0.15) is 44.5 Å². The van der Waals surface area contributed by atoms with E-state index >= 15 is 0 Å². The summed E-state index contributed by atoms with van der Waals surface area (Å²) in [6.07, 6.45) is 16.5. The summed E-state index contributed by atoms with van der Waals surface area (Å²) >= 11 is 19.4. The molecule has 0 saturated carbocycles. The monoisotopic (exact) mass is 796 g/mol. The Hall–Kier alpha value is -5.12. The van der Waals surface area contributed by atoms with Crippen molar-refractivity contribution in [1.29, 1.82) is 0 Å². The maximum absolute atomic E-state index is 5.74. The van der Waals surface area contributed by atoms with Crippen LogP contribution in [0.25, 0.3) is 22.3 Å². The van der Waals surface area contributed by atoms with E-state index < -0.39 is 0 Å². The Morgan fingerprint density at radius 3 is 1.38 bits per heavy atom. The topological polar surface area (TPSA) is 49.4 Å². The minimum Gasteiger partial charge on any atom is -0.249 e. The van der Waals surface area contributed by atoms with E-state index in [0.717, 1.165) is 112 Å². The fourth-order valence-electron chi connectivity index (χ4n) is 7.75. The molecule has 272 valence electrons. The van der Waals surface area contributed by atoms with E-state index in [0.29, 0.717) is 23.0 Å². The molecular formula is C48H36N4S4. The van der Waals surface area contributed by atoms with Gasteiger partial charge in [-0.1, -0.05) is 97.1 Å². The molecule has 0 saturated heterocycles. The van der Waals surface area contributed by atoms with Crippen molar-refractivity contribution in [2.24, 2.45) is 20.0 Å². The highest BCUT2D eigenvalue weighted by Crippen LogP contribution is 2.48. The van der Waals surface area contributed by atoms with Gasteiger partial charge in [0.05, 0.1) is 45.6 Å². The highest BCUT2D eigenvalue weighted by molar-refractivity contribution is 7.79. The van der Waals surface area contributed by atoms with E-state index in [1.807, 2.05) is 30.4 Å². The van der Waals surface area contributed by atoms with Crippen LogP contribution in [0.15, 0.2) is 188 Å². The fourth-order valence-corrected chi connectivity index (χ4v) is 8.86. The number of benzene rings is 4. The lowest BCUT2D eigenvalue weighted by Gasteiger charge is -2.21. The second-order valence-corrected chi connectivity index (χ2v) is 15.0. The number of hydrogen-bond acceptors (Lipinski definition) is 8. The summed E-state index contributed by atoms with van der Waals surface area (Å²) in [6, 6.07) is 33.9. The van der Waals surface area contributed by atoms with Crippen LogP contribution in [-0.2, 0) is 23.0 Å². The SMILES string of the molecule is SCc1ccccc1C1=CC2=CC3=NC(=CC4=NC(=CC5=NC(=C(c6ccccc6CS)C1=N2)C(c1ccccc1CS)=C5c1ccccc1CS)C=C4)C=C3. The maximum atomic E-state index is 5.74. The molecule has 4 aromatic carbocycles. The van der Waals surface area contributed by atoms with Crippen molar-refractivity contribution < 1.29 is 0 Å². The number of aliphatic imine (C=N–C) groups is 4. The predicted molar refractivity (Wildman–Crippen MR) is 251 cm³/mol. The van der Waals surface area contributed by atoms with Gasteiger partial charge in [-0.05, 0) is 93.1 Å². The number of thiol groups is 4. The number of allylic oxidation sites excluding steroid dienone is 12. The Morgan fingerprint density at radius 1 is 0.375 bits per heavy atom. The molecule has 0 spiro atoms. The molecule has 0 radical (unpaired) electrons. The van der Waals surface area contributed by atoms with Crippen LogP contribution in [0.5, 0.6) is 0 Å². The third-order valence-corrected chi connectivity index (χ3v) is 11.7. The highest BCUT2D eigenvalue weighted by atomic mass is 32.1. The lowest BCUT2D eigenvalue weighted by molar-refractivity contribution is 1.34. The van der Waals surface area contributed by atoms with E-state index in [2.05, 4.69) is 115 Å². The quantitative estimate of drug-likeness (QED) is 0.128. The molecule has 4 aromatic rings. The molecular weight excluding hydrogens is 761 g/mol. The minimum absolute atomic E-state index is 0.524. The Morgan fingerprint density at radius 2 is 0.821 bits per heavy atom. The van der Waals surface area contributed by atoms with E-state index in [-0.39, 0.29) is 0 Å². The molecule has 0 amide bonds. The first-order chi connectivity index (χ1) is 27.6. The Balaban J connectivity index is 1.48. The van der Waals surface area contributed by atoms with Gasteiger partial charge in [0.2, 0.25) is 0 Å². The lowest BCUT2D eigenvalue weighted by Crippen LogP contribution is -2.10. The number of hydrogen-bond donors (Lipinski definition) is 4. The molecule has 0 unspecified atom stereocenters. The van der Waals surface area contributed by atoms with Crippen LogP contribution in [0.3, 0.4) is 0 Å². The van der Waals surface area contributed by atoms with Gasteiger partial charge in [-0.2, -0.15) is 50.5 Å². The van der Waals surface area contributed by atoms with Gasteiger partial charge in [0, 0.05) is 45.3 Å². The zero-order valence-corrected chi connectivity index (χ0v) is 33.8. The zero-order valence-electron chi connectivity index (χ0n) is 30.3. The van der Waals surface area contributed by atoms with Crippen molar-refractivity contribution in [3.63, 3.8) is 0 Å². The van der Waals surface area contributed by atoms with Crippen LogP contribution in [-0.4, -0.2) is 22.8 Å². The van der Waals surface area contributed by atoms with E-state index in [1.165, 1.54) is 0 Å². The van der Waals surface area contributed by atoms with Gasteiger partial charge < -0.3 is 0 Å². The minimum atomic E-state index is 0.524. The Bertz CT molecular complexity index is 2730. The van der Waals surface area contributed by atoms with Crippen LogP contribution in [0, 0.1) is 0 Å². The third kappa shape index (κ3) is 6.75. The van der Waals surface area contributed by atoms with E-state index in [9.17, 15) is 0 Å². The average Bonchev–Trinajstić information content (AvgIpc) is 4.05. The molecule has 5 heterocycles. The second-order valence-electron chi connectivity index (χ2n) is 13.7. The summed E-state index contributed by atoms with van der Waals surface area (Å²) in [6.45, 7) is 0. The predicted octanol–water partition coefficient (Wildman–Crippen LogP) is 11.4. The van der Waals surface area contributed by atoms with Gasteiger partial charge in [-0.15, -0.1) is 0 Å². The van der Waals surface area contributed by atoms with Gasteiger partial charge in [0.25, 0.3) is 0 Å². The van der Waals surface area contributed by atoms with Gasteiger partial charge in [0.1, 0.15) is 0 Å². The molecule has 8 bridgehead atoms. The van der Waals surface area contributed by atoms with E-state index in [4.69, 9.17) is 70.5 Å².